The molecular weight excluding hydrogens is 442 g/mol. The van der Waals surface area contributed by atoms with Crippen LogP contribution in [-0.2, 0) is 10.5 Å². The van der Waals surface area contributed by atoms with Gasteiger partial charge in [-0.05, 0) is 48.9 Å². The van der Waals surface area contributed by atoms with Crippen molar-refractivity contribution in [3.05, 3.63) is 111 Å². The molecule has 4 rings (SSSR count). The first-order valence-corrected chi connectivity index (χ1v) is 11.3. The summed E-state index contributed by atoms with van der Waals surface area (Å²) in [7, 11) is 0. The van der Waals surface area contributed by atoms with E-state index in [4.69, 9.17) is 16.0 Å². The van der Waals surface area contributed by atoms with Crippen LogP contribution in [0, 0.1) is 11.3 Å². The van der Waals surface area contributed by atoms with E-state index in [0.717, 1.165) is 10.6 Å². The van der Waals surface area contributed by atoms with Crippen molar-refractivity contribution in [1.82, 2.24) is 5.32 Å². The number of nitrogens with one attached hydrogen (secondary N) is 2. The molecule has 2 aromatic carbocycles. The summed E-state index contributed by atoms with van der Waals surface area (Å²) in [6.45, 7) is 1.84. The summed E-state index contributed by atoms with van der Waals surface area (Å²) in [6.07, 6.45) is 1.55. The van der Waals surface area contributed by atoms with Crippen molar-refractivity contribution in [3.8, 4) is 6.07 Å². The Morgan fingerprint density at radius 1 is 1.16 bits per heavy atom. The van der Waals surface area contributed by atoms with E-state index in [1.165, 1.54) is 11.8 Å². The molecule has 2 N–H and O–H groups in total. The van der Waals surface area contributed by atoms with Gasteiger partial charge in [-0.1, -0.05) is 41.9 Å². The van der Waals surface area contributed by atoms with Crippen molar-refractivity contribution in [3.63, 3.8) is 0 Å². The summed E-state index contributed by atoms with van der Waals surface area (Å²) in [5, 5.41) is 17.6. The van der Waals surface area contributed by atoms with Crippen molar-refractivity contribution in [2.45, 2.75) is 18.6 Å². The molecule has 0 spiro atoms. The topological polar surface area (TPSA) is 78.1 Å². The zero-order valence-corrected chi connectivity index (χ0v) is 18.8. The SMILES string of the molecule is CC1=C(C(=O)Nc2ccc(Cl)cc2)[C@H](c2ccco2)C(C#N)=C(SCc2ccccc2)N1. The van der Waals surface area contributed by atoms with Gasteiger partial charge in [-0.15, -0.1) is 11.8 Å². The number of benzene rings is 2. The Morgan fingerprint density at radius 3 is 2.56 bits per heavy atom. The Morgan fingerprint density at radius 2 is 1.91 bits per heavy atom. The molecule has 2 heterocycles. The van der Waals surface area contributed by atoms with Gasteiger partial charge in [-0.3, -0.25) is 4.79 Å². The minimum Gasteiger partial charge on any atom is -0.468 e. The van der Waals surface area contributed by atoms with Crippen LogP contribution < -0.4 is 10.6 Å². The monoisotopic (exact) mass is 461 g/mol. The van der Waals surface area contributed by atoms with Gasteiger partial charge in [0.25, 0.3) is 5.91 Å². The Hall–Kier alpha value is -3.40. The molecule has 0 unspecified atom stereocenters. The molecule has 0 saturated carbocycles. The highest BCUT2D eigenvalue weighted by Gasteiger charge is 2.36. The molecule has 0 saturated heterocycles. The number of rotatable bonds is 6. The molecule has 0 fully saturated rings. The van der Waals surface area contributed by atoms with E-state index in [2.05, 4.69) is 16.7 Å². The van der Waals surface area contributed by atoms with E-state index in [0.29, 0.717) is 39.1 Å². The van der Waals surface area contributed by atoms with Gasteiger partial charge < -0.3 is 15.1 Å². The number of thioether (sulfide) groups is 1. The van der Waals surface area contributed by atoms with Crippen LogP contribution in [0.3, 0.4) is 0 Å². The molecule has 3 aromatic rings. The normalized spacial score (nSPS) is 15.8. The number of allylic oxidation sites excluding steroid dienone is 2. The van der Waals surface area contributed by atoms with Crippen LogP contribution in [-0.4, -0.2) is 5.91 Å². The minimum absolute atomic E-state index is 0.307. The second-order valence-corrected chi connectivity index (χ2v) is 8.62. The predicted octanol–water partition coefficient (Wildman–Crippen LogP) is 6.20. The summed E-state index contributed by atoms with van der Waals surface area (Å²) in [6, 6.07) is 22.8. The highest BCUT2D eigenvalue weighted by Crippen LogP contribution is 2.41. The van der Waals surface area contributed by atoms with Gasteiger partial charge in [0.15, 0.2) is 0 Å². The van der Waals surface area contributed by atoms with E-state index in [1.54, 1.807) is 42.7 Å². The standard InChI is InChI=1S/C25H20ClN3O2S/c1-16-22(24(30)29-19-11-9-18(26)10-12-19)23(21-8-5-13-31-21)20(14-27)25(28-16)32-15-17-6-3-2-4-7-17/h2-13,23,28H,15H2,1H3,(H,29,30)/t23-/m0/s1. The van der Waals surface area contributed by atoms with Crippen LogP contribution in [0.25, 0.3) is 0 Å². The quantitative estimate of drug-likeness (QED) is 0.456. The number of amides is 1. The van der Waals surface area contributed by atoms with E-state index < -0.39 is 5.92 Å². The molecule has 1 aliphatic rings. The van der Waals surface area contributed by atoms with Crippen LogP contribution in [0.2, 0.25) is 5.02 Å². The summed E-state index contributed by atoms with van der Waals surface area (Å²) >= 11 is 7.48. The smallest absolute Gasteiger partial charge is 0.254 e. The second kappa shape index (κ2) is 9.82. The number of anilines is 1. The van der Waals surface area contributed by atoms with Crippen molar-refractivity contribution in [1.29, 1.82) is 5.26 Å². The lowest BCUT2D eigenvalue weighted by atomic mass is 9.85. The van der Waals surface area contributed by atoms with E-state index in [1.807, 2.05) is 37.3 Å². The van der Waals surface area contributed by atoms with E-state index in [9.17, 15) is 10.1 Å². The minimum atomic E-state index is -0.609. The maximum atomic E-state index is 13.3. The number of carbonyl (C=O) groups is 1. The number of furan rings is 1. The number of dihydropyridines is 1. The predicted molar refractivity (Wildman–Crippen MR) is 128 cm³/mol. The third-order valence-electron chi connectivity index (χ3n) is 5.05. The molecule has 0 aliphatic carbocycles. The van der Waals surface area contributed by atoms with Gasteiger partial charge >= 0.3 is 0 Å². The fraction of sp³-hybridized carbons (Fsp3) is 0.120. The highest BCUT2D eigenvalue weighted by atomic mass is 35.5. The third-order valence-corrected chi connectivity index (χ3v) is 6.39. The molecule has 160 valence electrons. The molecule has 5 nitrogen and oxygen atoms in total. The first-order valence-electron chi connectivity index (χ1n) is 9.96. The van der Waals surface area contributed by atoms with Crippen LogP contribution in [0.4, 0.5) is 5.69 Å². The number of carbonyl (C=O) groups excluding carboxylic acids is 1. The molecule has 32 heavy (non-hydrogen) atoms. The first-order chi connectivity index (χ1) is 15.6. The molecule has 0 bridgehead atoms. The molecule has 1 aromatic heterocycles. The Kier molecular flexibility index (Phi) is 6.69. The second-order valence-electron chi connectivity index (χ2n) is 7.20. The maximum Gasteiger partial charge on any atom is 0.254 e. The lowest BCUT2D eigenvalue weighted by molar-refractivity contribution is -0.113. The third kappa shape index (κ3) is 4.75. The average Bonchev–Trinajstić information content (AvgIpc) is 3.34. The number of hydrogen-bond acceptors (Lipinski definition) is 5. The van der Waals surface area contributed by atoms with Crippen LogP contribution in [0.5, 0.6) is 0 Å². The summed E-state index contributed by atoms with van der Waals surface area (Å²) in [5.74, 6) is 0.320. The van der Waals surface area contributed by atoms with Gasteiger partial charge in [-0.25, -0.2) is 0 Å². The number of hydrogen-bond donors (Lipinski definition) is 2. The van der Waals surface area contributed by atoms with Gasteiger partial charge in [-0.2, -0.15) is 5.26 Å². The van der Waals surface area contributed by atoms with E-state index in [-0.39, 0.29) is 5.91 Å². The zero-order valence-electron chi connectivity index (χ0n) is 17.3. The van der Waals surface area contributed by atoms with Gasteiger partial charge in [0.1, 0.15) is 5.76 Å². The number of nitriles is 1. The Balaban J connectivity index is 1.67. The molecule has 7 heteroatoms. The van der Waals surface area contributed by atoms with Crippen molar-refractivity contribution < 1.29 is 9.21 Å². The maximum absolute atomic E-state index is 13.3. The fourth-order valence-electron chi connectivity index (χ4n) is 3.53. The molecule has 1 amide bonds. The lowest BCUT2D eigenvalue weighted by Gasteiger charge is -2.28. The van der Waals surface area contributed by atoms with Crippen molar-refractivity contribution in [2.75, 3.05) is 5.32 Å². The summed E-state index contributed by atoms with van der Waals surface area (Å²) in [4.78, 5) is 13.3. The van der Waals surface area contributed by atoms with Crippen LogP contribution >= 0.6 is 23.4 Å². The fourth-order valence-corrected chi connectivity index (χ4v) is 4.70. The number of halogens is 1. The van der Waals surface area contributed by atoms with Gasteiger partial charge in [0.2, 0.25) is 0 Å². The zero-order chi connectivity index (χ0) is 22.5. The van der Waals surface area contributed by atoms with Gasteiger partial charge in [0, 0.05) is 22.2 Å². The van der Waals surface area contributed by atoms with Crippen molar-refractivity contribution in [2.24, 2.45) is 0 Å². The van der Waals surface area contributed by atoms with Crippen molar-refractivity contribution >= 4 is 35.0 Å². The Bertz CT molecular complexity index is 1210. The highest BCUT2D eigenvalue weighted by molar-refractivity contribution is 8.02. The lowest BCUT2D eigenvalue weighted by Crippen LogP contribution is -2.30. The largest absolute Gasteiger partial charge is 0.468 e. The summed E-state index contributed by atoms with van der Waals surface area (Å²) < 4.78 is 5.66. The summed E-state index contributed by atoms with van der Waals surface area (Å²) in [5.41, 5.74) is 3.33. The average molecular weight is 462 g/mol. The first kappa shape index (κ1) is 21.8. The molecular formula is C25H20ClN3O2S. The van der Waals surface area contributed by atoms with Crippen LogP contribution in [0.15, 0.2) is 99.3 Å². The Labute approximate surface area is 195 Å². The van der Waals surface area contributed by atoms with Gasteiger partial charge in [0.05, 0.1) is 34.4 Å². The van der Waals surface area contributed by atoms with E-state index >= 15 is 0 Å². The number of nitrogens with zero attached hydrogens (tertiary/aromatic N) is 1. The molecule has 1 aliphatic heterocycles. The molecule has 1 atom stereocenters. The van der Waals surface area contributed by atoms with Crippen LogP contribution in [0.1, 0.15) is 24.2 Å². The molecule has 0 radical (unpaired) electrons.